The minimum absolute atomic E-state index is 0.153. The van der Waals surface area contributed by atoms with Gasteiger partial charge in [0.25, 0.3) is 0 Å². The van der Waals surface area contributed by atoms with Crippen LogP contribution in [0.3, 0.4) is 0 Å². The Morgan fingerprint density at radius 1 is 1.12 bits per heavy atom. The molecule has 0 spiro atoms. The molecule has 0 fully saturated rings. The topological polar surface area (TPSA) is 29.5 Å². The Hall–Kier alpha value is -2.00. The SMILES string of the molecule is CCN(CCOC(=O)C(F)(F)C(F)(F)C(F)(F)F)c1cccc(C)c1. The first-order valence-corrected chi connectivity index (χ1v) is 7.15. The highest BCUT2D eigenvalue weighted by Gasteiger charge is 2.77. The Morgan fingerprint density at radius 2 is 1.72 bits per heavy atom. The number of likely N-dealkylation sites (N-methyl/N-ethyl adjacent to an activating group) is 1. The van der Waals surface area contributed by atoms with E-state index in [1.165, 1.54) is 0 Å². The summed E-state index contributed by atoms with van der Waals surface area (Å²) in [5, 5.41) is 0. The molecule has 0 saturated carbocycles. The number of esters is 1. The largest absolute Gasteiger partial charge is 0.460 e. The molecular formula is C15H16F7NO2. The summed E-state index contributed by atoms with van der Waals surface area (Å²) >= 11 is 0. The smallest absolute Gasteiger partial charge is 0.459 e. The number of carbonyl (C=O) groups is 1. The van der Waals surface area contributed by atoms with E-state index in [2.05, 4.69) is 4.74 Å². The highest BCUT2D eigenvalue weighted by molar-refractivity contribution is 5.79. The molecule has 1 rings (SSSR count). The molecule has 142 valence electrons. The van der Waals surface area contributed by atoms with Gasteiger partial charge in [-0.2, -0.15) is 30.7 Å². The molecule has 0 radical (unpaired) electrons. The van der Waals surface area contributed by atoms with E-state index in [-0.39, 0.29) is 6.54 Å². The van der Waals surface area contributed by atoms with Crippen molar-refractivity contribution in [3.05, 3.63) is 29.8 Å². The zero-order valence-electron chi connectivity index (χ0n) is 13.3. The summed E-state index contributed by atoms with van der Waals surface area (Å²) in [7, 11) is 0. The predicted octanol–water partition coefficient (Wildman–Crippen LogP) is 4.20. The summed E-state index contributed by atoms with van der Waals surface area (Å²) < 4.78 is 91.7. The van der Waals surface area contributed by atoms with E-state index in [4.69, 9.17) is 0 Å². The first-order chi connectivity index (χ1) is 11.3. The molecule has 0 atom stereocenters. The highest BCUT2D eigenvalue weighted by Crippen LogP contribution is 2.46. The van der Waals surface area contributed by atoms with Crippen LogP contribution < -0.4 is 4.90 Å². The lowest BCUT2D eigenvalue weighted by atomic mass is 10.1. The molecular weight excluding hydrogens is 359 g/mol. The maximum Gasteiger partial charge on any atom is 0.460 e. The van der Waals surface area contributed by atoms with Crippen molar-refractivity contribution in [3.63, 3.8) is 0 Å². The van der Waals surface area contributed by atoms with E-state index in [1.54, 1.807) is 43.0 Å². The number of nitrogens with zero attached hydrogens (tertiary/aromatic N) is 1. The number of alkyl halides is 7. The van der Waals surface area contributed by atoms with Crippen LogP contribution >= 0.6 is 0 Å². The zero-order valence-corrected chi connectivity index (χ0v) is 13.3. The number of aryl methyl sites for hydroxylation is 1. The lowest BCUT2D eigenvalue weighted by Gasteiger charge is -2.27. The molecule has 0 amide bonds. The molecule has 1 aromatic carbocycles. The maximum atomic E-state index is 13.1. The fraction of sp³-hybridized carbons (Fsp3) is 0.533. The van der Waals surface area contributed by atoms with Gasteiger partial charge in [0.2, 0.25) is 0 Å². The Bertz CT molecular complexity index is 602. The average molecular weight is 375 g/mol. The molecule has 0 N–H and O–H groups in total. The molecule has 25 heavy (non-hydrogen) atoms. The summed E-state index contributed by atoms with van der Waals surface area (Å²) in [4.78, 5) is 12.6. The van der Waals surface area contributed by atoms with Crippen LogP contribution in [-0.4, -0.2) is 43.7 Å². The minimum Gasteiger partial charge on any atom is -0.459 e. The maximum absolute atomic E-state index is 13.1. The van der Waals surface area contributed by atoms with Crippen LogP contribution in [0.2, 0.25) is 0 Å². The van der Waals surface area contributed by atoms with Crippen molar-refractivity contribution in [3.8, 4) is 0 Å². The lowest BCUT2D eigenvalue weighted by molar-refractivity contribution is -0.348. The van der Waals surface area contributed by atoms with Crippen LogP contribution in [0.1, 0.15) is 12.5 Å². The van der Waals surface area contributed by atoms with Crippen LogP contribution in [0.25, 0.3) is 0 Å². The van der Waals surface area contributed by atoms with Gasteiger partial charge in [-0.05, 0) is 31.5 Å². The summed E-state index contributed by atoms with van der Waals surface area (Å²) in [5.41, 5.74) is 1.55. The fourth-order valence-corrected chi connectivity index (χ4v) is 1.94. The quantitative estimate of drug-likeness (QED) is 0.529. The molecule has 0 unspecified atom stereocenters. The standard InChI is InChI=1S/C15H16F7NO2/c1-3-23(11-6-4-5-10(2)9-11)7-8-25-12(24)13(16,17)14(18,19)15(20,21)22/h4-6,9H,3,7-8H2,1-2H3. The molecule has 0 aliphatic rings. The first kappa shape index (κ1) is 21.0. The van der Waals surface area contributed by atoms with Gasteiger partial charge >= 0.3 is 24.0 Å². The van der Waals surface area contributed by atoms with Gasteiger partial charge in [-0.15, -0.1) is 0 Å². The van der Waals surface area contributed by atoms with Gasteiger partial charge in [0.05, 0.1) is 6.54 Å². The summed E-state index contributed by atoms with van der Waals surface area (Å²) in [6, 6.07) is 6.96. The Balaban J connectivity index is 2.72. The molecule has 3 nitrogen and oxygen atoms in total. The van der Waals surface area contributed by atoms with Gasteiger partial charge in [0, 0.05) is 12.2 Å². The number of rotatable bonds is 7. The van der Waals surface area contributed by atoms with Crippen LogP contribution in [0.4, 0.5) is 36.4 Å². The van der Waals surface area contributed by atoms with Crippen molar-refractivity contribution in [1.82, 2.24) is 0 Å². The molecule has 0 aliphatic carbocycles. The van der Waals surface area contributed by atoms with Crippen molar-refractivity contribution in [2.45, 2.75) is 31.9 Å². The van der Waals surface area contributed by atoms with E-state index >= 15 is 0 Å². The molecule has 0 aliphatic heterocycles. The fourth-order valence-electron chi connectivity index (χ4n) is 1.94. The van der Waals surface area contributed by atoms with E-state index in [1.807, 2.05) is 0 Å². The number of anilines is 1. The average Bonchev–Trinajstić information content (AvgIpc) is 2.50. The normalized spacial score (nSPS) is 12.8. The zero-order chi connectivity index (χ0) is 19.5. The number of ether oxygens (including phenoxy) is 1. The minimum atomic E-state index is -6.58. The van der Waals surface area contributed by atoms with Crippen molar-refractivity contribution in [1.29, 1.82) is 0 Å². The van der Waals surface area contributed by atoms with Crippen LogP contribution in [0.15, 0.2) is 24.3 Å². The summed E-state index contributed by atoms with van der Waals surface area (Å²) in [5.74, 6) is -15.4. The van der Waals surface area contributed by atoms with Crippen molar-refractivity contribution >= 4 is 11.7 Å². The van der Waals surface area contributed by atoms with Crippen LogP contribution in [0, 0.1) is 6.92 Å². The second kappa shape index (κ2) is 7.49. The number of hydrogen-bond donors (Lipinski definition) is 0. The van der Waals surface area contributed by atoms with E-state index in [0.717, 1.165) is 5.56 Å². The number of benzene rings is 1. The molecule has 0 saturated heterocycles. The predicted molar refractivity (Wildman–Crippen MR) is 76.0 cm³/mol. The third kappa shape index (κ3) is 4.55. The summed E-state index contributed by atoms with van der Waals surface area (Å²) in [6.45, 7) is 2.95. The number of halogens is 7. The van der Waals surface area contributed by atoms with Gasteiger partial charge in [0.15, 0.2) is 0 Å². The monoisotopic (exact) mass is 375 g/mol. The summed E-state index contributed by atoms with van der Waals surface area (Å²) in [6.07, 6.45) is -6.58. The highest BCUT2D eigenvalue weighted by atomic mass is 19.4. The van der Waals surface area contributed by atoms with Gasteiger partial charge < -0.3 is 9.64 Å². The van der Waals surface area contributed by atoms with Gasteiger partial charge in [0.1, 0.15) is 6.61 Å². The van der Waals surface area contributed by atoms with Gasteiger partial charge in [-0.3, -0.25) is 0 Å². The van der Waals surface area contributed by atoms with Crippen molar-refractivity contribution < 1.29 is 40.3 Å². The second-order valence-electron chi connectivity index (χ2n) is 5.20. The Kier molecular flexibility index (Phi) is 6.30. The van der Waals surface area contributed by atoms with Gasteiger partial charge in [-0.1, -0.05) is 12.1 Å². The first-order valence-electron chi connectivity index (χ1n) is 7.15. The Morgan fingerprint density at radius 3 is 2.20 bits per heavy atom. The molecule has 10 heteroatoms. The van der Waals surface area contributed by atoms with Crippen molar-refractivity contribution in [2.75, 3.05) is 24.6 Å². The molecule has 1 aromatic rings. The van der Waals surface area contributed by atoms with Gasteiger partial charge in [-0.25, -0.2) is 4.79 Å². The number of hydrogen-bond acceptors (Lipinski definition) is 3. The van der Waals surface area contributed by atoms with E-state index in [9.17, 15) is 35.5 Å². The molecule has 0 bridgehead atoms. The van der Waals surface area contributed by atoms with Crippen LogP contribution in [0.5, 0.6) is 0 Å². The Labute approximate surface area is 139 Å². The molecule has 0 heterocycles. The third-order valence-electron chi connectivity index (χ3n) is 3.35. The third-order valence-corrected chi connectivity index (χ3v) is 3.35. The van der Waals surface area contributed by atoms with E-state index in [0.29, 0.717) is 12.2 Å². The van der Waals surface area contributed by atoms with Crippen molar-refractivity contribution in [2.24, 2.45) is 0 Å². The second-order valence-corrected chi connectivity index (χ2v) is 5.20. The molecule has 0 aromatic heterocycles. The lowest BCUT2D eigenvalue weighted by Crippen LogP contribution is -2.56. The van der Waals surface area contributed by atoms with Crippen LogP contribution in [-0.2, 0) is 9.53 Å². The number of carbonyl (C=O) groups excluding carboxylic acids is 1. The van der Waals surface area contributed by atoms with E-state index < -0.39 is 30.6 Å².